The second-order valence-electron chi connectivity index (χ2n) is 3.98. The molecule has 2 rings (SSSR count). The largest absolute Gasteiger partial charge is 0.489 e. The maximum absolute atomic E-state index is 6.08. The Morgan fingerprint density at radius 1 is 0.895 bits per heavy atom. The number of benzene rings is 2. The fourth-order valence-corrected chi connectivity index (χ4v) is 2.30. The van der Waals surface area contributed by atoms with Crippen LogP contribution in [0, 0.1) is 0 Å². The van der Waals surface area contributed by atoms with Crippen LogP contribution < -0.4 is 10.5 Å². The number of halogens is 3. The zero-order valence-electron chi connectivity index (χ0n) is 10.00. The summed E-state index contributed by atoms with van der Waals surface area (Å²) in [7, 11) is 0. The molecular weight excluding hydrogens is 305 g/mol. The van der Waals surface area contributed by atoms with Gasteiger partial charge in [-0.15, -0.1) is 0 Å². The lowest BCUT2D eigenvalue weighted by atomic mass is 10.2. The summed E-state index contributed by atoms with van der Waals surface area (Å²) in [5, 5.41) is 1.82. The lowest BCUT2D eigenvalue weighted by Crippen LogP contribution is -2.03. The molecule has 0 fully saturated rings. The van der Waals surface area contributed by atoms with Crippen LogP contribution in [0.15, 0.2) is 36.4 Å². The first kappa shape index (κ1) is 14.5. The maximum atomic E-state index is 6.08. The third-order valence-electron chi connectivity index (χ3n) is 2.64. The van der Waals surface area contributed by atoms with Gasteiger partial charge in [-0.25, -0.2) is 0 Å². The van der Waals surface area contributed by atoms with Crippen molar-refractivity contribution in [3.05, 3.63) is 62.6 Å². The van der Waals surface area contributed by atoms with E-state index in [1.807, 2.05) is 6.07 Å². The molecule has 0 aliphatic carbocycles. The molecule has 0 aromatic heterocycles. The smallest absolute Gasteiger partial charge is 0.124 e. The van der Waals surface area contributed by atoms with E-state index in [9.17, 15) is 0 Å². The highest BCUT2D eigenvalue weighted by atomic mass is 35.5. The third kappa shape index (κ3) is 3.77. The first-order valence-corrected chi connectivity index (χ1v) is 6.79. The van der Waals surface area contributed by atoms with Crippen LogP contribution in [0.25, 0.3) is 0 Å². The number of rotatable bonds is 4. The highest BCUT2D eigenvalue weighted by Gasteiger charge is 2.06. The van der Waals surface area contributed by atoms with Crippen molar-refractivity contribution >= 4 is 34.8 Å². The van der Waals surface area contributed by atoms with Crippen molar-refractivity contribution in [2.24, 2.45) is 5.73 Å². The molecule has 0 heterocycles. The highest BCUT2D eigenvalue weighted by Crippen LogP contribution is 2.26. The molecule has 0 bridgehead atoms. The Hall–Kier alpha value is -0.930. The molecule has 0 unspecified atom stereocenters. The molecule has 5 heteroatoms. The van der Waals surface area contributed by atoms with Crippen molar-refractivity contribution < 1.29 is 4.74 Å². The minimum Gasteiger partial charge on any atom is -0.489 e. The zero-order chi connectivity index (χ0) is 13.8. The molecule has 0 radical (unpaired) electrons. The Kier molecular flexibility index (Phi) is 4.94. The molecule has 2 aromatic rings. The van der Waals surface area contributed by atoms with Gasteiger partial charge in [0.15, 0.2) is 0 Å². The maximum Gasteiger partial charge on any atom is 0.124 e. The summed E-state index contributed by atoms with van der Waals surface area (Å²) in [5.74, 6) is 0.706. The predicted octanol–water partition coefficient (Wildman–Crippen LogP) is 4.68. The molecule has 0 aliphatic heterocycles. The van der Waals surface area contributed by atoms with Crippen molar-refractivity contribution in [1.82, 2.24) is 0 Å². The van der Waals surface area contributed by atoms with Crippen LogP contribution in [-0.4, -0.2) is 0 Å². The van der Waals surface area contributed by atoms with E-state index in [1.54, 1.807) is 30.3 Å². The average molecular weight is 317 g/mol. The van der Waals surface area contributed by atoms with E-state index in [0.29, 0.717) is 34.0 Å². The first-order chi connectivity index (χ1) is 9.10. The second kappa shape index (κ2) is 6.49. The Morgan fingerprint density at radius 3 is 2.26 bits per heavy atom. The molecule has 2 aromatic carbocycles. The first-order valence-electron chi connectivity index (χ1n) is 5.65. The normalized spacial score (nSPS) is 10.5. The summed E-state index contributed by atoms with van der Waals surface area (Å²) < 4.78 is 5.72. The Labute approximate surface area is 127 Å². The van der Waals surface area contributed by atoms with Crippen LogP contribution >= 0.6 is 34.8 Å². The fraction of sp³-hybridized carbons (Fsp3) is 0.143. The van der Waals surface area contributed by atoms with E-state index in [0.717, 1.165) is 11.1 Å². The van der Waals surface area contributed by atoms with Gasteiger partial charge in [0.05, 0.1) is 0 Å². The van der Waals surface area contributed by atoms with Crippen molar-refractivity contribution in [3.63, 3.8) is 0 Å². The highest BCUT2D eigenvalue weighted by molar-refractivity contribution is 6.35. The quantitative estimate of drug-likeness (QED) is 0.888. The number of hydrogen-bond donors (Lipinski definition) is 1. The van der Waals surface area contributed by atoms with Crippen molar-refractivity contribution in [2.45, 2.75) is 13.2 Å². The van der Waals surface area contributed by atoms with Crippen LogP contribution in [0.3, 0.4) is 0 Å². The van der Waals surface area contributed by atoms with Gasteiger partial charge in [-0.3, -0.25) is 0 Å². The second-order valence-corrected chi connectivity index (χ2v) is 5.26. The topological polar surface area (TPSA) is 35.2 Å². The summed E-state index contributed by atoms with van der Waals surface area (Å²) in [6.45, 7) is 0.717. The van der Waals surface area contributed by atoms with E-state index < -0.39 is 0 Å². The third-order valence-corrected chi connectivity index (χ3v) is 3.46. The van der Waals surface area contributed by atoms with Crippen LogP contribution in [-0.2, 0) is 13.2 Å². The summed E-state index contributed by atoms with van der Waals surface area (Å²) in [6, 6.07) is 10.7. The van der Waals surface area contributed by atoms with Gasteiger partial charge in [-0.2, -0.15) is 0 Å². The van der Waals surface area contributed by atoms with Crippen LogP contribution in [0.4, 0.5) is 0 Å². The van der Waals surface area contributed by atoms with Crippen LogP contribution in [0.1, 0.15) is 11.1 Å². The molecule has 0 amide bonds. The Bertz CT molecular complexity index is 587. The van der Waals surface area contributed by atoms with E-state index in [2.05, 4.69) is 0 Å². The molecule has 0 saturated carbocycles. The van der Waals surface area contributed by atoms with Crippen molar-refractivity contribution in [1.29, 1.82) is 0 Å². The van der Waals surface area contributed by atoms with Gasteiger partial charge in [0, 0.05) is 32.7 Å². The number of nitrogens with two attached hydrogens (primary N) is 1. The SMILES string of the molecule is NCc1cc(Cl)ccc1OCc1ccc(Cl)cc1Cl. The molecule has 19 heavy (non-hydrogen) atoms. The standard InChI is InChI=1S/C14H12Cl3NO/c15-11-3-4-14(10(5-11)7-18)19-8-9-1-2-12(16)6-13(9)17/h1-6H,7-8,18H2. The fourth-order valence-electron chi connectivity index (χ4n) is 1.64. The predicted molar refractivity (Wildman–Crippen MR) is 80.1 cm³/mol. The van der Waals surface area contributed by atoms with Gasteiger partial charge >= 0.3 is 0 Å². The average Bonchev–Trinajstić information content (AvgIpc) is 2.39. The lowest BCUT2D eigenvalue weighted by Gasteiger charge is -2.11. The molecule has 0 saturated heterocycles. The lowest BCUT2D eigenvalue weighted by molar-refractivity contribution is 0.303. The molecule has 0 aliphatic rings. The Balaban J connectivity index is 2.14. The molecule has 2 N–H and O–H groups in total. The molecular formula is C14H12Cl3NO. The van der Waals surface area contributed by atoms with E-state index in [4.69, 9.17) is 45.3 Å². The van der Waals surface area contributed by atoms with Gasteiger partial charge in [-0.1, -0.05) is 40.9 Å². The summed E-state index contributed by atoms with van der Waals surface area (Å²) in [4.78, 5) is 0. The van der Waals surface area contributed by atoms with Gasteiger partial charge in [0.2, 0.25) is 0 Å². The van der Waals surface area contributed by atoms with Crippen LogP contribution in [0.2, 0.25) is 15.1 Å². The monoisotopic (exact) mass is 315 g/mol. The molecule has 2 nitrogen and oxygen atoms in total. The van der Waals surface area contributed by atoms with Gasteiger partial charge in [0.25, 0.3) is 0 Å². The molecule has 100 valence electrons. The minimum atomic E-state index is 0.352. The van der Waals surface area contributed by atoms with Crippen LogP contribution in [0.5, 0.6) is 5.75 Å². The summed E-state index contributed by atoms with van der Waals surface area (Å²) in [5.41, 5.74) is 7.38. The molecule has 0 atom stereocenters. The molecule has 0 spiro atoms. The number of hydrogen-bond acceptors (Lipinski definition) is 2. The zero-order valence-corrected chi connectivity index (χ0v) is 12.3. The van der Waals surface area contributed by atoms with Crippen molar-refractivity contribution in [2.75, 3.05) is 0 Å². The van der Waals surface area contributed by atoms with Gasteiger partial charge < -0.3 is 10.5 Å². The summed E-state index contributed by atoms with van der Waals surface area (Å²) in [6.07, 6.45) is 0. The van der Waals surface area contributed by atoms with Gasteiger partial charge in [0.1, 0.15) is 12.4 Å². The summed E-state index contributed by atoms with van der Waals surface area (Å²) >= 11 is 17.8. The van der Waals surface area contributed by atoms with E-state index >= 15 is 0 Å². The Morgan fingerprint density at radius 2 is 1.58 bits per heavy atom. The van der Waals surface area contributed by atoms with E-state index in [-0.39, 0.29) is 0 Å². The van der Waals surface area contributed by atoms with E-state index in [1.165, 1.54) is 0 Å². The number of ether oxygens (including phenoxy) is 1. The van der Waals surface area contributed by atoms with Crippen molar-refractivity contribution in [3.8, 4) is 5.75 Å². The van der Waals surface area contributed by atoms with Gasteiger partial charge in [-0.05, 0) is 30.3 Å². The minimum absolute atomic E-state index is 0.352.